The van der Waals surface area contributed by atoms with Gasteiger partial charge in [0, 0.05) is 18.4 Å². The molecule has 1 aliphatic carbocycles. The molecule has 2 rings (SSSR count). The van der Waals surface area contributed by atoms with Gasteiger partial charge in [-0.15, -0.1) is 0 Å². The molecule has 0 bridgehead atoms. The predicted octanol–water partition coefficient (Wildman–Crippen LogP) is 1.64. The van der Waals surface area contributed by atoms with Gasteiger partial charge in [-0.25, -0.2) is 0 Å². The van der Waals surface area contributed by atoms with E-state index in [1.165, 1.54) is 12.8 Å². The third-order valence-corrected chi connectivity index (χ3v) is 3.10. The second-order valence-corrected chi connectivity index (χ2v) is 4.58. The van der Waals surface area contributed by atoms with Crippen LogP contribution in [0.1, 0.15) is 32.6 Å². The molecule has 0 aromatic rings. The summed E-state index contributed by atoms with van der Waals surface area (Å²) in [4.78, 5) is 0. The number of ether oxygens (including phenoxy) is 2. The van der Waals surface area contributed by atoms with Gasteiger partial charge in [0.15, 0.2) is 0 Å². The molecular formula is C13H22N2O2. The Morgan fingerprint density at radius 2 is 2.41 bits per heavy atom. The molecule has 1 fully saturated rings. The van der Waals surface area contributed by atoms with Crippen LogP contribution in [0.15, 0.2) is 23.6 Å². The SMILES string of the molecule is CCCCCO[C@H]1COC2=CC(N)=CCC2N1. The summed E-state index contributed by atoms with van der Waals surface area (Å²) in [6.07, 6.45) is 8.38. The van der Waals surface area contributed by atoms with Crippen LogP contribution in [0.4, 0.5) is 0 Å². The van der Waals surface area contributed by atoms with E-state index in [1.807, 2.05) is 12.2 Å². The number of nitrogens with one attached hydrogen (secondary N) is 1. The molecule has 0 amide bonds. The number of hydrogen-bond acceptors (Lipinski definition) is 4. The van der Waals surface area contributed by atoms with Crippen molar-refractivity contribution in [2.75, 3.05) is 13.2 Å². The van der Waals surface area contributed by atoms with Crippen LogP contribution in [0.5, 0.6) is 0 Å². The van der Waals surface area contributed by atoms with E-state index in [-0.39, 0.29) is 12.3 Å². The zero-order valence-electron chi connectivity index (χ0n) is 10.4. The number of allylic oxidation sites excluding steroid dienone is 1. The molecule has 3 N–H and O–H groups in total. The quantitative estimate of drug-likeness (QED) is 0.715. The lowest BCUT2D eigenvalue weighted by atomic mass is 10.0. The Morgan fingerprint density at radius 3 is 3.24 bits per heavy atom. The van der Waals surface area contributed by atoms with E-state index in [4.69, 9.17) is 15.2 Å². The highest BCUT2D eigenvalue weighted by Gasteiger charge is 2.27. The van der Waals surface area contributed by atoms with Crippen molar-refractivity contribution >= 4 is 0 Å². The summed E-state index contributed by atoms with van der Waals surface area (Å²) < 4.78 is 11.4. The summed E-state index contributed by atoms with van der Waals surface area (Å²) in [6, 6.07) is 0.229. The van der Waals surface area contributed by atoms with Gasteiger partial charge in [0.2, 0.25) is 0 Å². The molecular weight excluding hydrogens is 216 g/mol. The molecule has 0 aromatic carbocycles. The highest BCUT2D eigenvalue weighted by atomic mass is 16.5. The van der Waals surface area contributed by atoms with Gasteiger partial charge in [0.25, 0.3) is 0 Å². The first-order valence-corrected chi connectivity index (χ1v) is 6.47. The smallest absolute Gasteiger partial charge is 0.143 e. The van der Waals surface area contributed by atoms with Crippen LogP contribution in [0.25, 0.3) is 0 Å². The van der Waals surface area contributed by atoms with Crippen molar-refractivity contribution in [3.63, 3.8) is 0 Å². The first kappa shape index (κ1) is 12.5. The molecule has 4 heteroatoms. The van der Waals surface area contributed by atoms with Crippen molar-refractivity contribution < 1.29 is 9.47 Å². The van der Waals surface area contributed by atoms with Crippen molar-refractivity contribution in [2.45, 2.75) is 44.9 Å². The third-order valence-electron chi connectivity index (χ3n) is 3.10. The van der Waals surface area contributed by atoms with E-state index in [2.05, 4.69) is 12.2 Å². The van der Waals surface area contributed by atoms with Gasteiger partial charge in [0.05, 0.1) is 6.04 Å². The number of hydrogen-bond donors (Lipinski definition) is 2. The highest BCUT2D eigenvalue weighted by Crippen LogP contribution is 2.21. The Morgan fingerprint density at radius 1 is 1.53 bits per heavy atom. The fourth-order valence-electron chi connectivity index (χ4n) is 2.10. The number of rotatable bonds is 5. The number of morpholine rings is 1. The minimum atomic E-state index is 0.0155. The Kier molecular flexibility index (Phi) is 4.45. The predicted molar refractivity (Wildman–Crippen MR) is 67.1 cm³/mol. The first-order valence-electron chi connectivity index (χ1n) is 6.47. The zero-order valence-corrected chi connectivity index (χ0v) is 10.4. The van der Waals surface area contributed by atoms with Gasteiger partial charge in [0.1, 0.15) is 18.6 Å². The standard InChI is InChI=1S/C13H22N2O2/c1-2-3-4-7-16-13-9-17-12-8-10(14)5-6-11(12)15-13/h5,8,11,13,15H,2-4,6-7,9,14H2,1H3/t11?,13-/m0/s1. The largest absolute Gasteiger partial charge is 0.492 e. The number of nitrogens with two attached hydrogens (primary N) is 1. The molecule has 1 aliphatic heterocycles. The average Bonchev–Trinajstić information content (AvgIpc) is 2.35. The summed E-state index contributed by atoms with van der Waals surface area (Å²) in [5.74, 6) is 0.943. The number of fused-ring (bicyclic) bond motifs is 1. The lowest BCUT2D eigenvalue weighted by Gasteiger charge is -2.34. The van der Waals surface area contributed by atoms with E-state index < -0.39 is 0 Å². The van der Waals surface area contributed by atoms with E-state index in [9.17, 15) is 0 Å². The molecule has 0 radical (unpaired) electrons. The summed E-state index contributed by atoms with van der Waals surface area (Å²) >= 11 is 0. The van der Waals surface area contributed by atoms with Gasteiger partial charge < -0.3 is 15.2 Å². The number of unbranched alkanes of at least 4 members (excludes halogenated alkanes) is 2. The lowest BCUT2D eigenvalue weighted by molar-refractivity contribution is -0.0530. The fraction of sp³-hybridized carbons (Fsp3) is 0.692. The topological polar surface area (TPSA) is 56.5 Å². The normalized spacial score (nSPS) is 27.8. The van der Waals surface area contributed by atoms with Crippen molar-refractivity contribution in [1.82, 2.24) is 5.32 Å². The summed E-state index contributed by atoms with van der Waals surface area (Å²) in [5, 5.41) is 3.44. The summed E-state index contributed by atoms with van der Waals surface area (Å²) in [5.41, 5.74) is 6.53. The molecule has 2 aliphatic rings. The molecule has 0 spiro atoms. The van der Waals surface area contributed by atoms with Crippen LogP contribution >= 0.6 is 0 Å². The summed E-state index contributed by atoms with van der Waals surface area (Å²) in [7, 11) is 0. The van der Waals surface area contributed by atoms with E-state index >= 15 is 0 Å². The highest BCUT2D eigenvalue weighted by molar-refractivity contribution is 5.27. The van der Waals surface area contributed by atoms with Crippen molar-refractivity contribution in [3.05, 3.63) is 23.6 Å². The van der Waals surface area contributed by atoms with Crippen molar-refractivity contribution in [1.29, 1.82) is 0 Å². The van der Waals surface area contributed by atoms with Crippen LogP contribution in [0.2, 0.25) is 0 Å². The Labute approximate surface area is 103 Å². The van der Waals surface area contributed by atoms with Crippen molar-refractivity contribution in [2.24, 2.45) is 5.73 Å². The molecule has 96 valence electrons. The molecule has 0 aromatic heterocycles. The Bertz CT molecular complexity index is 313. The Hall–Kier alpha value is -1.00. The second-order valence-electron chi connectivity index (χ2n) is 4.58. The Balaban J connectivity index is 1.74. The maximum absolute atomic E-state index is 5.75. The van der Waals surface area contributed by atoms with Crippen LogP contribution in [0.3, 0.4) is 0 Å². The second kappa shape index (κ2) is 6.07. The van der Waals surface area contributed by atoms with Crippen LogP contribution < -0.4 is 11.1 Å². The average molecular weight is 238 g/mol. The minimum Gasteiger partial charge on any atom is -0.492 e. The van der Waals surface area contributed by atoms with Gasteiger partial charge in [-0.2, -0.15) is 0 Å². The van der Waals surface area contributed by atoms with E-state index in [0.717, 1.165) is 30.9 Å². The third kappa shape index (κ3) is 3.48. The van der Waals surface area contributed by atoms with Gasteiger partial charge in [-0.3, -0.25) is 5.32 Å². The van der Waals surface area contributed by atoms with E-state index in [0.29, 0.717) is 6.61 Å². The van der Waals surface area contributed by atoms with Gasteiger partial charge in [-0.05, 0) is 12.8 Å². The van der Waals surface area contributed by atoms with Crippen LogP contribution in [-0.2, 0) is 9.47 Å². The molecule has 1 unspecified atom stereocenters. The maximum atomic E-state index is 5.75. The maximum Gasteiger partial charge on any atom is 0.143 e. The van der Waals surface area contributed by atoms with Crippen molar-refractivity contribution in [3.8, 4) is 0 Å². The van der Waals surface area contributed by atoms with E-state index in [1.54, 1.807) is 0 Å². The summed E-state index contributed by atoms with van der Waals surface area (Å²) in [6.45, 7) is 3.57. The molecule has 17 heavy (non-hydrogen) atoms. The lowest BCUT2D eigenvalue weighted by Crippen LogP contribution is -2.49. The zero-order chi connectivity index (χ0) is 12.1. The fourth-order valence-corrected chi connectivity index (χ4v) is 2.10. The van der Waals surface area contributed by atoms with Crippen LogP contribution in [0, 0.1) is 0 Å². The molecule has 0 saturated carbocycles. The molecule has 1 saturated heterocycles. The molecule has 4 nitrogen and oxygen atoms in total. The van der Waals surface area contributed by atoms with Gasteiger partial charge >= 0.3 is 0 Å². The minimum absolute atomic E-state index is 0.0155. The van der Waals surface area contributed by atoms with Crippen LogP contribution in [-0.4, -0.2) is 25.5 Å². The first-order chi connectivity index (χ1) is 8.29. The monoisotopic (exact) mass is 238 g/mol. The molecule has 1 heterocycles. The van der Waals surface area contributed by atoms with Gasteiger partial charge in [-0.1, -0.05) is 25.8 Å². The molecule has 2 atom stereocenters.